The molecule has 2 aromatic rings. The van der Waals surface area contributed by atoms with E-state index < -0.39 is 4.92 Å². The standard InChI is InChI=1S/C12H10N2O4/c1-9-2-3-10(13(15)8-9)4-5-11-6-7-12(18-11)14(16)17/h2-8H,1H3/b5-4+. The highest BCUT2D eigenvalue weighted by Crippen LogP contribution is 2.17. The van der Waals surface area contributed by atoms with Crippen molar-refractivity contribution in [2.24, 2.45) is 0 Å². The number of nitro groups is 1. The van der Waals surface area contributed by atoms with Crippen molar-refractivity contribution in [3.05, 3.63) is 62.8 Å². The molecular formula is C12H10N2O4. The smallest absolute Gasteiger partial charge is 0.433 e. The second-order valence-electron chi connectivity index (χ2n) is 3.72. The molecule has 2 rings (SSSR count). The van der Waals surface area contributed by atoms with Crippen LogP contribution in [0.5, 0.6) is 0 Å². The van der Waals surface area contributed by atoms with Crippen LogP contribution in [0.25, 0.3) is 12.2 Å². The highest BCUT2D eigenvalue weighted by molar-refractivity contribution is 5.64. The van der Waals surface area contributed by atoms with Crippen LogP contribution in [0.15, 0.2) is 34.9 Å². The maximum Gasteiger partial charge on any atom is 0.433 e. The number of aryl methyl sites for hydroxylation is 1. The summed E-state index contributed by atoms with van der Waals surface area (Å²) in [4.78, 5) is 9.80. The Bertz CT molecular complexity index is 616. The fourth-order valence-electron chi connectivity index (χ4n) is 1.42. The molecule has 2 heterocycles. The van der Waals surface area contributed by atoms with Gasteiger partial charge in [-0.15, -0.1) is 0 Å². The molecule has 6 nitrogen and oxygen atoms in total. The van der Waals surface area contributed by atoms with E-state index in [4.69, 9.17) is 4.42 Å². The Morgan fingerprint density at radius 1 is 1.28 bits per heavy atom. The van der Waals surface area contributed by atoms with Crippen LogP contribution in [0, 0.1) is 22.2 Å². The lowest BCUT2D eigenvalue weighted by Gasteiger charge is -2.00. The van der Waals surface area contributed by atoms with Crippen molar-refractivity contribution < 1.29 is 14.1 Å². The molecular weight excluding hydrogens is 236 g/mol. The van der Waals surface area contributed by atoms with Crippen molar-refractivity contribution in [2.45, 2.75) is 6.92 Å². The van der Waals surface area contributed by atoms with Crippen LogP contribution in [-0.2, 0) is 0 Å². The largest absolute Gasteiger partial charge is 0.618 e. The Hall–Kier alpha value is -2.63. The molecule has 2 aromatic heterocycles. The minimum atomic E-state index is -0.614. The summed E-state index contributed by atoms with van der Waals surface area (Å²) in [5.41, 5.74) is 1.29. The molecule has 0 saturated carbocycles. The number of aromatic nitrogens is 1. The van der Waals surface area contributed by atoms with Crippen LogP contribution in [0.3, 0.4) is 0 Å². The third-order valence-electron chi connectivity index (χ3n) is 2.30. The lowest BCUT2D eigenvalue weighted by Crippen LogP contribution is -2.29. The van der Waals surface area contributed by atoms with Crippen LogP contribution in [-0.4, -0.2) is 4.92 Å². The molecule has 0 unspecified atom stereocenters. The van der Waals surface area contributed by atoms with Crippen molar-refractivity contribution in [1.82, 2.24) is 0 Å². The van der Waals surface area contributed by atoms with E-state index in [1.54, 1.807) is 12.1 Å². The Morgan fingerprint density at radius 2 is 2.06 bits per heavy atom. The van der Waals surface area contributed by atoms with Gasteiger partial charge in [0.15, 0.2) is 6.20 Å². The molecule has 6 heteroatoms. The van der Waals surface area contributed by atoms with Crippen molar-refractivity contribution in [3.8, 4) is 0 Å². The Labute approximate surface area is 103 Å². The minimum absolute atomic E-state index is 0.322. The number of nitrogens with zero attached hydrogens (tertiary/aromatic N) is 2. The van der Waals surface area contributed by atoms with Gasteiger partial charge in [-0.25, -0.2) is 0 Å². The van der Waals surface area contributed by atoms with Crippen molar-refractivity contribution in [3.63, 3.8) is 0 Å². The molecule has 0 radical (unpaired) electrons. The van der Waals surface area contributed by atoms with Gasteiger partial charge in [0.1, 0.15) is 10.7 Å². The van der Waals surface area contributed by atoms with Crippen molar-refractivity contribution >= 4 is 18.0 Å². The fraction of sp³-hybridized carbons (Fsp3) is 0.0833. The van der Waals surface area contributed by atoms with E-state index >= 15 is 0 Å². The summed E-state index contributed by atoms with van der Waals surface area (Å²) >= 11 is 0. The number of hydrogen-bond acceptors (Lipinski definition) is 4. The van der Waals surface area contributed by atoms with Gasteiger partial charge in [0.2, 0.25) is 5.69 Å². The summed E-state index contributed by atoms with van der Waals surface area (Å²) in [5, 5.41) is 21.9. The van der Waals surface area contributed by atoms with Crippen LogP contribution in [0.4, 0.5) is 5.88 Å². The predicted octanol–water partition coefficient (Wildman–Crippen LogP) is 2.30. The first-order valence-electron chi connectivity index (χ1n) is 5.18. The van der Waals surface area contributed by atoms with E-state index in [1.807, 2.05) is 6.92 Å². The average molecular weight is 246 g/mol. The van der Waals surface area contributed by atoms with Gasteiger partial charge in [0.25, 0.3) is 0 Å². The van der Waals surface area contributed by atoms with Crippen LogP contribution in [0.2, 0.25) is 0 Å². The van der Waals surface area contributed by atoms with E-state index in [9.17, 15) is 15.3 Å². The first kappa shape index (κ1) is 11.8. The normalized spacial score (nSPS) is 10.9. The first-order valence-corrected chi connectivity index (χ1v) is 5.18. The summed E-state index contributed by atoms with van der Waals surface area (Å²) in [7, 11) is 0. The van der Waals surface area contributed by atoms with E-state index in [1.165, 1.54) is 30.5 Å². The van der Waals surface area contributed by atoms with E-state index in [2.05, 4.69) is 0 Å². The van der Waals surface area contributed by atoms with Gasteiger partial charge >= 0.3 is 5.88 Å². The summed E-state index contributed by atoms with van der Waals surface area (Å²) in [6.45, 7) is 1.82. The third kappa shape index (κ3) is 2.54. The van der Waals surface area contributed by atoms with Crippen molar-refractivity contribution in [2.75, 3.05) is 0 Å². The summed E-state index contributed by atoms with van der Waals surface area (Å²) in [6, 6.07) is 6.20. The van der Waals surface area contributed by atoms with E-state index in [0.717, 1.165) is 10.3 Å². The molecule has 0 spiro atoms. The molecule has 0 aromatic carbocycles. The Balaban J connectivity index is 2.21. The molecule has 18 heavy (non-hydrogen) atoms. The number of hydrogen-bond donors (Lipinski definition) is 0. The Morgan fingerprint density at radius 3 is 2.67 bits per heavy atom. The monoisotopic (exact) mass is 246 g/mol. The highest BCUT2D eigenvalue weighted by atomic mass is 16.6. The fourth-order valence-corrected chi connectivity index (χ4v) is 1.42. The lowest BCUT2D eigenvalue weighted by atomic mass is 10.2. The van der Waals surface area contributed by atoms with E-state index in [-0.39, 0.29) is 5.88 Å². The van der Waals surface area contributed by atoms with Gasteiger partial charge in [-0.1, -0.05) is 0 Å². The topological polar surface area (TPSA) is 83.2 Å². The van der Waals surface area contributed by atoms with E-state index in [0.29, 0.717) is 11.5 Å². The van der Waals surface area contributed by atoms with Gasteiger partial charge in [-0.2, -0.15) is 4.73 Å². The molecule has 0 atom stereocenters. The SMILES string of the molecule is Cc1ccc(/C=C/c2ccc([N+](=O)[O-])o2)[n+]([O-])c1. The molecule has 0 fully saturated rings. The second kappa shape index (κ2) is 4.70. The summed E-state index contributed by atoms with van der Waals surface area (Å²) in [6.07, 6.45) is 4.49. The zero-order valence-electron chi connectivity index (χ0n) is 9.57. The molecule has 0 amide bonds. The zero-order chi connectivity index (χ0) is 13.1. The van der Waals surface area contributed by atoms with Crippen LogP contribution in [0.1, 0.15) is 17.0 Å². The predicted molar refractivity (Wildman–Crippen MR) is 64.4 cm³/mol. The molecule has 0 bridgehead atoms. The summed E-state index contributed by atoms with van der Waals surface area (Å²) in [5.74, 6) is -0.00386. The molecule has 92 valence electrons. The van der Waals surface area contributed by atoms with Crippen LogP contribution >= 0.6 is 0 Å². The molecule has 0 aliphatic heterocycles. The average Bonchev–Trinajstić information content (AvgIpc) is 2.76. The maximum absolute atomic E-state index is 11.5. The highest BCUT2D eigenvalue weighted by Gasteiger charge is 2.10. The molecule has 0 saturated heterocycles. The second-order valence-corrected chi connectivity index (χ2v) is 3.72. The van der Waals surface area contributed by atoms with Gasteiger partial charge in [0.05, 0.1) is 6.07 Å². The quantitative estimate of drug-likeness (QED) is 0.360. The molecule has 0 aliphatic rings. The zero-order valence-corrected chi connectivity index (χ0v) is 9.57. The number of rotatable bonds is 3. The van der Waals surface area contributed by atoms with Gasteiger partial charge in [0, 0.05) is 17.7 Å². The lowest BCUT2D eigenvalue weighted by molar-refractivity contribution is -0.607. The van der Waals surface area contributed by atoms with Crippen molar-refractivity contribution in [1.29, 1.82) is 0 Å². The summed E-state index contributed by atoms with van der Waals surface area (Å²) < 4.78 is 5.66. The molecule has 0 aliphatic carbocycles. The van der Waals surface area contributed by atoms with Gasteiger partial charge < -0.3 is 9.62 Å². The van der Waals surface area contributed by atoms with Gasteiger partial charge in [-0.3, -0.25) is 10.1 Å². The molecule has 0 N–H and O–H groups in total. The number of pyridine rings is 1. The first-order chi connectivity index (χ1) is 8.56. The van der Waals surface area contributed by atoms with Crippen LogP contribution < -0.4 is 4.73 Å². The maximum atomic E-state index is 11.5. The third-order valence-corrected chi connectivity index (χ3v) is 2.30. The minimum Gasteiger partial charge on any atom is -0.618 e. The Kier molecular flexibility index (Phi) is 3.09. The van der Waals surface area contributed by atoms with Gasteiger partial charge in [-0.05, 0) is 25.1 Å². The number of furan rings is 1.